The third-order valence-electron chi connectivity index (χ3n) is 3.35. The molecule has 0 radical (unpaired) electrons. The molecule has 5 nitrogen and oxygen atoms in total. The lowest BCUT2D eigenvalue weighted by molar-refractivity contribution is 0.104. The van der Waals surface area contributed by atoms with Gasteiger partial charge in [0.25, 0.3) is 0 Å². The minimum atomic E-state index is -0.423. The van der Waals surface area contributed by atoms with E-state index in [0.29, 0.717) is 24.9 Å². The summed E-state index contributed by atoms with van der Waals surface area (Å²) in [6.07, 6.45) is 1.63. The van der Waals surface area contributed by atoms with Crippen molar-refractivity contribution in [1.82, 2.24) is 10.6 Å². The van der Waals surface area contributed by atoms with E-state index in [9.17, 15) is 9.18 Å². The van der Waals surface area contributed by atoms with Gasteiger partial charge in [0, 0.05) is 18.2 Å². The predicted octanol–water partition coefficient (Wildman–Crippen LogP) is 1.56. The number of rotatable bonds is 6. The van der Waals surface area contributed by atoms with Gasteiger partial charge in [0.1, 0.15) is 18.2 Å². The normalized spacial score (nSPS) is 21.4. The number of carbonyl (C=O) groups is 1. The van der Waals surface area contributed by atoms with Crippen molar-refractivity contribution in [3.63, 3.8) is 0 Å². The van der Waals surface area contributed by atoms with Crippen molar-refractivity contribution in [1.29, 1.82) is 0 Å². The molecule has 1 aromatic carbocycles. The maximum atomic E-state index is 13.3. The standard InChI is InChI=1S/C14H17FN2O3/c15-10-1-4-13(9(5-10)6-16-11-2-3-11)19-8-12-7-17-14(18)20-12/h1,4-5,11-12,16H,2-3,6-8H2,(H,17,18). The van der Waals surface area contributed by atoms with Gasteiger partial charge in [0.15, 0.2) is 6.10 Å². The Kier molecular flexibility index (Phi) is 3.73. The molecule has 2 fully saturated rings. The van der Waals surface area contributed by atoms with Crippen molar-refractivity contribution in [3.05, 3.63) is 29.6 Å². The first-order chi connectivity index (χ1) is 9.70. The zero-order valence-corrected chi connectivity index (χ0v) is 11.0. The summed E-state index contributed by atoms with van der Waals surface area (Å²) < 4.78 is 24.0. The van der Waals surface area contributed by atoms with Crippen molar-refractivity contribution in [2.75, 3.05) is 13.2 Å². The molecule has 1 saturated heterocycles. The first kappa shape index (κ1) is 13.2. The molecular formula is C14H17FN2O3. The van der Waals surface area contributed by atoms with E-state index in [-0.39, 0.29) is 18.5 Å². The van der Waals surface area contributed by atoms with Crippen LogP contribution in [0.4, 0.5) is 9.18 Å². The second kappa shape index (κ2) is 5.66. The predicted molar refractivity (Wildman–Crippen MR) is 70.0 cm³/mol. The molecule has 1 heterocycles. The molecule has 2 N–H and O–H groups in total. The smallest absolute Gasteiger partial charge is 0.407 e. The fraction of sp³-hybridized carbons (Fsp3) is 0.500. The molecule has 1 aliphatic heterocycles. The molecule has 3 rings (SSSR count). The Morgan fingerprint density at radius 3 is 3.00 bits per heavy atom. The van der Waals surface area contributed by atoms with E-state index in [0.717, 1.165) is 5.56 Å². The second-order valence-corrected chi connectivity index (χ2v) is 5.13. The number of amides is 1. The molecule has 20 heavy (non-hydrogen) atoms. The Labute approximate surface area is 116 Å². The van der Waals surface area contributed by atoms with Crippen LogP contribution in [0.3, 0.4) is 0 Å². The SMILES string of the molecule is O=C1NCC(COc2ccc(F)cc2CNC2CC2)O1. The third-order valence-corrected chi connectivity index (χ3v) is 3.35. The highest BCUT2D eigenvalue weighted by Crippen LogP contribution is 2.23. The molecule has 1 aliphatic carbocycles. The summed E-state index contributed by atoms with van der Waals surface area (Å²) in [5.74, 6) is 0.349. The van der Waals surface area contributed by atoms with E-state index < -0.39 is 6.09 Å². The highest BCUT2D eigenvalue weighted by molar-refractivity contribution is 5.69. The monoisotopic (exact) mass is 280 g/mol. The van der Waals surface area contributed by atoms with Crippen molar-refractivity contribution in [3.8, 4) is 5.75 Å². The van der Waals surface area contributed by atoms with E-state index in [1.807, 2.05) is 0 Å². The van der Waals surface area contributed by atoms with Crippen molar-refractivity contribution >= 4 is 6.09 Å². The summed E-state index contributed by atoms with van der Waals surface area (Å²) in [5.41, 5.74) is 0.786. The topological polar surface area (TPSA) is 59.6 Å². The van der Waals surface area contributed by atoms with Gasteiger partial charge >= 0.3 is 6.09 Å². The Bertz CT molecular complexity index is 505. The number of alkyl carbamates (subject to hydrolysis) is 1. The average Bonchev–Trinajstić information content (AvgIpc) is 3.17. The fourth-order valence-corrected chi connectivity index (χ4v) is 2.08. The van der Waals surface area contributed by atoms with E-state index in [2.05, 4.69) is 10.6 Å². The maximum Gasteiger partial charge on any atom is 0.407 e. The van der Waals surface area contributed by atoms with Gasteiger partial charge in [-0.3, -0.25) is 0 Å². The molecule has 1 amide bonds. The van der Waals surface area contributed by atoms with Crippen LogP contribution in [0.2, 0.25) is 0 Å². The van der Waals surface area contributed by atoms with Gasteiger partial charge < -0.3 is 20.1 Å². The van der Waals surface area contributed by atoms with E-state index >= 15 is 0 Å². The average molecular weight is 280 g/mol. The van der Waals surface area contributed by atoms with Crippen LogP contribution in [0.15, 0.2) is 18.2 Å². The summed E-state index contributed by atoms with van der Waals surface area (Å²) in [6, 6.07) is 5.01. The summed E-state index contributed by atoms with van der Waals surface area (Å²) in [6.45, 7) is 1.29. The van der Waals surface area contributed by atoms with Crippen LogP contribution in [0, 0.1) is 5.82 Å². The van der Waals surface area contributed by atoms with Crippen LogP contribution in [-0.4, -0.2) is 31.4 Å². The van der Waals surface area contributed by atoms with Crippen molar-refractivity contribution in [2.45, 2.75) is 31.5 Å². The first-order valence-electron chi connectivity index (χ1n) is 6.80. The second-order valence-electron chi connectivity index (χ2n) is 5.13. The number of hydrogen-bond acceptors (Lipinski definition) is 4. The Morgan fingerprint density at radius 2 is 2.30 bits per heavy atom. The third kappa shape index (κ3) is 3.39. The largest absolute Gasteiger partial charge is 0.489 e. The Balaban J connectivity index is 1.59. The molecule has 108 valence electrons. The van der Waals surface area contributed by atoms with Crippen LogP contribution >= 0.6 is 0 Å². The number of hydrogen-bond donors (Lipinski definition) is 2. The van der Waals surface area contributed by atoms with Crippen molar-refractivity contribution in [2.24, 2.45) is 0 Å². The van der Waals surface area contributed by atoms with E-state index in [1.54, 1.807) is 6.07 Å². The molecule has 2 aliphatic rings. The number of cyclic esters (lactones) is 1. The van der Waals surface area contributed by atoms with Gasteiger partial charge in [-0.05, 0) is 31.0 Å². The number of benzene rings is 1. The maximum absolute atomic E-state index is 13.3. The van der Waals surface area contributed by atoms with Crippen LogP contribution in [-0.2, 0) is 11.3 Å². The van der Waals surface area contributed by atoms with Crippen molar-refractivity contribution < 1.29 is 18.7 Å². The zero-order valence-electron chi connectivity index (χ0n) is 11.0. The zero-order chi connectivity index (χ0) is 13.9. The molecule has 1 unspecified atom stereocenters. The molecule has 6 heteroatoms. The Hall–Kier alpha value is -1.82. The minimum absolute atomic E-state index is 0.265. The van der Waals surface area contributed by atoms with Gasteiger partial charge in [-0.2, -0.15) is 0 Å². The molecule has 1 atom stereocenters. The summed E-state index contributed by atoms with van der Waals surface area (Å²) in [5, 5.41) is 5.90. The van der Waals surface area contributed by atoms with Gasteiger partial charge in [0.05, 0.1) is 6.54 Å². The van der Waals surface area contributed by atoms with Gasteiger partial charge in [-0.1, -0.05) is 0 Å². The number of nitrogens with one attached hydrogen (secondary N) is 2. The summed E-state index contributed by atoms with van der Waals surface area (Å²) in [4.78, 5) is 10.9. The molecule has 0 spiro atoms. The van der Waals surface area contributed by atoms with Crippen LogP contribution in [0.25, 0.3) is 0 Å². The van der Waals surface area contributed by atoms with Crippen LogP contribution in [0.1, 0.15) is 18.4 Å². The fourth-order valence-electron chi connectivity index (χ4n) is 2.08. The van der Waals surface area contributed by atoms with Gasteiger partial charge in [0.2, 0.25) is 0 Å². The Morgan fingerprint density at radius 1 is 1.45 bits per heavy atom. The first-order valence-corrected chi connectivity index (χ1v) is 6.80. The number of ether oxygens (including phenoxy) is 2. The van der Waals surface area contributed by atoms with E-state index in [4.69, 9.17) is 9.47 Å². The van der Waals surface area contributed by atoms with Crippen LogP contribution in [0.5, 0.6) is 5.75 Å². The number of carbonyl (C=O) groups excluding carboxylic acids is 1. The number of halogens is 1. The van der Waals surface area contributed by atoms with Gasteiger partial charge in [-0.15, -0.1) is 0 Å². The lowest BCUT2D eigenvalue weighted by atomic mass is 10.2. The summed E-state index contributed by atoms with van der Waals surface area (Å²) >= 11 is 0. The molecule has 1 saturated carbocycles. The van der Waals surface area contributed by atoms with Crippen LogP contribution < -0.4 is 15.4 Å². The molecule has 0 aromatic heterocycles. The highest BCUT2D eigenvalue weighted by Gasteiger charge is 2.24. The quantitative estimate of drug-likeness (QED) is 0.830. The minimum Gasteiger partial charge on any atom is -0.489 e. The molecular weight excluding hydrogens is 263 g/mol. The lowest BCUT2D eigenvalue weighted by Crippen LogP contribution is -2.23. The molecule has 0 bridgehead atoms. The lowest BCUT2D eigenvalue weighted by Gasteiger charge is -2.14. The van der Waals surface area contributed by atoms with E-state index in [1.165, 1.54) is 25.0 Å². The summed E-state index contributed by atoms with van der Waals surface area (Å²) in [7, 11) is 0. The van der Waals surface area contributed by atoms with Gasteiger partial charge in [-0.25, -0.2) is 9.18 Å². The molecule has 1 aromatic rings. The highest BCUT2D eigenvalue weighted by atomic mass is 19.1.